The topological polar surface area (TPSA) is 98.3 Å². The standard InChI is InChI=1S/C22H25ClFN7O/c1-12(9-31-10-14(24)11-31)29-22(32)16-7-27-21-20(16)30-18(8-28-21)19(26-3)15-5-4-13(23)6-17(15)25-2/h4-8,12,14,25H,9-11H2,1-3H3,(H,27,28)(H,29,32)/b26-19+/t12-/m1/s1. The molecule has 1 aliphatic rings. The number of fused-ring (bicyclic) bond motifs is 1. The Morgan fingerprint density at radius 3 is 2.88 bits per heavy atom. The summed E-state index contributed by atoms with van der Waals surface area (Å²) in [5, 5.41) is 6.69. The van der Waals surface area contributed by atoms with Crippen LogP contribution in [0.3, 0.4) is 0 Å². The third kappa shape index (κ3) is 4.44. The Morgan fingerprint density at radius 2 is 2.19 bits per heavy atom. The van der Waals surface area contributed by atoms with Gasteiger partial charge in [-0.25, -0.2) is 14.4 Å². The summed E-state index contributed by atoms with van der Waals surface area (Å²) in [5.74, 6) is -0.259. The molecular formula is C22H25ClFN7O. The van der Waals surface area contributed by atoms with Crippen molar-refractivity contribution in [3.63, 3.8) is 0 Å². The number of anilines is 1. The molecule has 1 aliphatic heterocycles. The fourth-order valence-corrected chi connectivity index (χ4v) is 4.04. The Balaban J connectivity index is 1.60. The van der Waals surface area contributed by atoms with Gasteiger partial charge in [0.25, 0.3) is 5.91 Å². The van der Waals surface area contributed by atoms with Crippen LogP contribution in [0.5, 0.6) is 0 Å². The molecule has 4 rings (SSSR count). The van der Waals surface area contributed by atoms with Crippen molar-refractivity contribution in [3.8, 4) is 0 Å². The van der Waals surface area contributed by atoms with Crippen molar-refractivity contribution in [2.75, 3.05) is 39.0 Å². The number of hydrogen-bond acceptors (Lipinski definition) is 6. The van der Waals surface area contributed by atoms with Gasteiger partial charge in [0, 0.05) is 62.2 Å². The minimum absolute atomic E-state index is 0.129. The van der Waals surface area contributed by atoms with Crippen molar-refractivity contribution in [1.29, 1.82) is 0 Å². The van der Waals surface area contributed by atoms with Crippen molar-refractivity contribution >= 4 is 40.1 Å². The van der Waals surface area contributed by atoms with E-state index in [-0.39, 0.29) is 11.9 Å². The molecule has 0 spiro atoms. The Labute approximate surface area is 190 Å². The molecule has 0 bridgehead atoms. The van der Waals surface area contributed by atoms with Gasteiger partial charge in [0.1, 0.15) is 17.4 Å². The van der Waals surface area contributed by atoms with Crippen LogP contribution in [0.1, 0.15) is 28.5 Å². The maximum absolute atomic E-state index is 13.0. The summed E-state index contributed by atoms with van der Waals surface area (Å²) in [6, 6.07) is 5.34. The molecule has 8 nitrogen and oxygen atoms in total. The number of nitrogens with zero attached hydrogens (tertiary/aromatic N) is 4. The van der Waals surface area contributed by atoms with E-state index in [4.69, 9.17) is 16.6 Å². The number of hydrogen-bond donors (Lipinski definition) is 3. The van der Waals surface area contributed by atoms with E-state index in [0.717, 1.165) is 11.3 Å². The predicted molar refractivity (Wildman–Crippen MR) is 125 cm³/mol. The Hall–Kier alpha value is -3.04. The summed E-state index contributed by atoms with van der Waals surface area (Å²) in [7, 11) is 3.49. The molecule has 0 aliphatic carbocycles. The highest BCUT2D eigenvalue weighted by Crippen LogP contribution is 2.24. The predicted octanol–water partition coefficient (Wildman–Crippen LogP) is 2.89. The minimum Gasteiger partial charge on any atom is -0.388 e. The number of alkyl halides is 1. The van der Waals surface area contributed by atoms with Crippen LogP contribution in [0.2, 0.25) is 5.02 Å². The molecule has 1 atom stereocenters. The fourth-order valence-electron chi connectivity index (χ4n) is 3.87. The number of aromatic amines is 1. The number of nitrogens with one attached hydrogen (secondary N) is 3. The maximum Gasteiger partial charge on any atom is 0.255 e. The third-order valence-electron chi connectivity index (χ3n) is 5.42. The van der Waals surface area contributed by atoms with E-state index in [1.54, 1.807) is 32.6 Å². The molecule has 10 heteroatoms. The lowest BCUT2D eigenvalue weighted by molar-refractivity contribution is 0.0571. The summed E-state index contributed by atoms with van der Waals surface area (Å²) in [5.41, 5.74) is 4.16. The summed E-state index contributed by atoms with van der Waals surface area (Å²) in [6.07, 6.45) is 2.46. The fraction of sp³-hybridized carbons (Fsp3) is 0.364. The number of H-pyrrole nitrogens is 1. The molecule has 0 radical (unpaired) electrons. The highest BCUT2D eigenvalue weighted by Gasteiger charge is 2.28. The van der Waals surface area contributed by atoms with Crippen molar-refractivity contribution in [1.82, 2.24) is 25.2 Å². The zero-order valence-corrected chi connectivity index (χ0v) is 18.9. The van der Waals surface area contributed by atoms with Gasteiger partial charge in [0.2, 0.25) is 0 Å². The quantitative estimate of drug-likeness (QED) is 0.474. The second-order valence-electron chi connectivity index (χ2n) is 7.86. The first kappa shape index (κ1) is 22.2. The molecule has 0 unspecified atom stereocenters. The molecule has 3 heterocycles. The van der Waals surface area contributed by atoms with E-state index in [0.29, 0.717) is 52.8 Å². The molecule has 1 fully saturated rings. The lowest BCUT2D eigenvalue weighted by Gasteiger charge is -2.36. The van der Waals surface area contributed by atoms with E-state index in [9.17, 15) is 9.18 Å². The summed E-state index contributed by atoms with van der Waals surface area (Å²) in [4.78, 5) is 31.4. The van der Waals surface area contributed by atoms with Gasteiger partial charge in [-0.3, -0.25) is 14.7 Å². The lowest BCUT2D eigenvalue weighted by Crippen LogP contribution is -2.53. The summed E-state index contributed by atoms with van der Waals surface area (Å²) >= 11 is 6.12. The van der Waals surface area contributed by atoms with Crippen molar-refractivity contribution < 1.29 is 9.18 Å². The van der Waals surface area contributed by atoms with Crippen LogP contribution in [-0.4, -0.2) is 77.4 Å². The van der Waals surface area contributed by atoms with Gasteiger partial charge in [0.05, 0.1) is 17.5 Å². The molecule has 32 heavy (non-hydrogen) atoms. The van der Waals surface area contributed by atoms with Gasteiger partial charge in [-0.15, -0.1) is 0 Å². The van der Waals surface area contributed by atoms with Crippen LogP contribution in [0, 0.1) is 0 Å². The van der Waals surface area contributed by atoms with Crippen molar-refractivity contribution in [2.45, 2.75) is 19.1 Å². The van der Waals surface area contributed by atoms with E-state index in [1.165, 1.54) is 0 Å². The minimum atomic E-state index is -0.765. The van der Waals surface area contributed by atoms with Crippen LogP contribution in [-0.2, 0) is 0 Å². The Kier molecular flexibility index (Phi) is 6.38. The molecule has 168 valence electrons. The van der Waals surface area contributed by atoms with Gasteiger partial charge in [0.15, 0.2) is 5.65 Å². The zero-order valence-electron chi connectivity index (χ0n) is 18.1. The van der Waals surface area contributed by atoms with Crippen LogP contribution in [0.4, 0.5) is 10.1 Å². The molecular weight excluding hydrogens is 433 g/mol. The first-order valence-electron chi connectivity index (χ1n) is 10.4. The highest BCUT2D eigenvalue weighted by molar-refractivity contribution is 6.31. The smallest absolute Gasteiger partial charge is 0.255 e. The average molecular weight is 458 g/mol. The number of likely N-dealkylation sites (tertiary alicyclic amines) is 1. The van der Waals surface area contributed by atoms with Crippen LogP contribution >= 0.6 is 11.6 Å². The number of halogens is 2. The van der Waals surface area contributed by atoms with Crippen molar-refractivity contribution in [2.24, 2.45) is 4.99 Å². The zero-order chi connectivity index (χ0) is 22.8. The normalized spacial score (nSPS) is 16.1. The van der Waals surface area contributed by atoms with E-state index in [2.05, 4.69) is 25.6 Å². The number of rotatable bonds is 7. The van der Waals surface area contributed by atoms with E-state index >= 15 is 0 Å². The monoisotopic (exact) mass is 457 g/mol. The number of carbonyl (C=O) groups is 1. The van der Waals surface area contributed by atoms with Crippen LogP contribution in [0.15, 0.2) is 35.6 Å². The van der Waals surface area contributed by atoms with Gasteiger partial charge >= 0.3 is 0 Å². The molecule has 2 aromatic heterocycles. The van der Waals surface area contributed by atoms with Gasteiger partial charge < -0.3 is 15.6 Å². The number of benzene rings is 1. The molecule has 3 aromatic rings. The average Bonchev–Trinajstić information content (AvgIpc) is 3.17. The first-order valence-corrected chi connectivity index (χ1v) is 10.7. The van der Waals surface area contributed by atoms with Gasteiger partial charge in [-0.2, -0.15) is 0 Å². The molecule has 1 aromatic carbocycles. The number of aromatic nitrogens is 3. The van der Waals surface area contributed by atoms with E-state index in [1.807, 2.05) is 24.0 Å². The summed E-state index contributed by atoms with van der Waals surface area (Å²) in [6.45, 7) is 3.33. The second-order valence-corrected chi connectivity index (χ2v) is 8.29. The lowest BCUT2D eigenvalue weighted by atomic mass is 10.0. The third-order valence-corrected chi connectivity index (χ3v) is 5.66. The SMILES string of the molecule is C/N=C(/c1cnc2[nH]cc(C(=O)N[C@H](C)CN3CC(F)C3)c2n1)c1ccc(Cl)cc1NC. The molecule has 1 saturated heterocycles. The first-order chi connectivity index (χ1) is 15.4. The largest absolute Gasteiger partial charge is 0.388 e. The number of amides is 1. The maximum atomic E-state index is 13.0. The summed E-state index contributed by atoms with van der Waals surface area (Å²) < 4.78 is 13.0. The van der Waals surface area contributed by atoms with Crippen molar-refractivity contribution in [3.05, 3.63) is 52.4 Å². The molecule has 0 saturated carbocycles. The Morgan fingerprint density at radius 1 is 1.41 bits per heavy atom. The molecule has 3 N–H and O–H groups in total. The highest BCUT2D eigenvalue weighted by atomic mass is 35.5. The second kappa shape index (κ2) is 9.22. The number of carbonyl (C=O) groups excluding carboxylic acids is 1. The Bertz CT molecular complexity index is 1170. The number of aliphatic imine (C=N–C) groups is 1. The van der Waals surface area contributed by atoms with Crippen LogP contribution in [0.25, 0.3) is 11.2 Å². The van der Waals surface area contributed by atoms with Crippen LogP contribution < -0.4 is 10.6 Å². The van der Waals surface area contributed by atoms with E-state index < -0.39 is 6.17 Å². The molecule has 1 amide bonds. The van der Waals surface area contributed by atoms with Gasteiger partial charge in [-0.1, -0.05) is 11.6 Å². The van der Waals surface area contributed by atoms with Gasteiger partial charge in [-0.05, 0) is 25.1 Å².